The van der Waals surface area contributed by atoms with Crippen LogP contribution in [0.15, 0.2) is 0 Å². The molecule has 0 atom stereocenters. The minimum absolute atomic E-state index is 0.152. The van der Waals surface area contributed by atoms with E-state index < -0.39 is 5.97 Å². The second-order valence-corrected chi connectivity index (χ2v) is 3.34. The lowest BCUT2D eigenvalue weighted by Gasteiger charge is -2.30. The molecule has 1 N–H and O–H groups in total. The zero-order chi connectivity index (χ0) is 9.68. The second kappa shape index (κ2) is 5.19. The summed E-state index contributed by atoms with van der Waals surface area (Å²) < 4.78 is 5.21. The van der Waals surface area contributed by atoms with E-state index in [-0.39, 0.29) is 12.7 Å². The van der Waals surface area contributed by atoms with Gasteiger partial charge in [0.05, 0.1) is 6.10 Å². The minimum Gasteiger partial charge on any atom is -0.480 e. The molecular formula is C9H17NO3. The molecule has 4 nitrogen and oxygen atoms in total. The lowest BCUT2D eigenvalue weighted by atomic mass is 10.1. The largest absolute Gasteiger partial charge is 0.480 e. The van der Waals surface area contributed by atoms with Gasteiger partial charge in [0.25, 0.3) is 0 Å². The van der Waals surface area contributed by atoms with E-state index in [1.807, 2.05) is 0 Å². The van der Waals surface area contributed by atoms with Crippen LogP contribution < -0.4 is 0 Å². The topological polar surface area (TPSA) is 49.8 Å². The first-order valence-electron chi connectivity index (χ1n) is 4.78. The highest BCUT2D eigenvalue weighted by Crippen LogP contribution is 2.12. The Morgan fingerprint density at radius 1 is 1.54 bits per heavy atom. The number of likely N-dealkylation sites (tertiary alicyclic amines) is 1. The van der Waals surface area contributed by atoms with Crippen LogP contribution in [0, 0.1) is 0 Å². The van der Waals surface area contributed by atoms with Gasteiger partial charge in [0.15, 0.2) is 0 Å². The van der Waals surface area contributed by atoms with Gasteiger partial charge < -0.3 is 14.7 Å². The fourth-order valence-electron chi connectivity index (χ4n) is 1.58. The molecule has 0 aromatic heterocycles. The van der Waals surface area contributed by atoms with E-state index in [0.717, 1.165) is 32.5 Å². The summed E-state index contributed by atoms with van der Waals surface area (Å²) in [6, 6.07) is 0. The molecule has 1 rings (SSSR count). The van der Waals surface area contributed by atoms with Crippen LogP contribution in [0.3, 0.4) is 0 Å². The molecule has 0 radical (unpaired) electrons. The van der Waals surface area contributed by atoms with Crippen LogP contribution in [0.25, 0.3) is 0 Å². The molecule has 0 saturated carbocycles. The maximum Gasteiger partial charge on any atom is 0.329 e. The Labute approximate surface area is 78.5 Å². The third kappa shape index (κ3) is 3.74. The Morgan fingerprint density at radius 3 is 2.62 bits per heavy atom. The summed E-state index contributed by atoms with van der Waals surface area (Å²) in [5.74, 6) is -0.877. The molecule has 13 heavy (non-hydrogen) atoms. The van der Waals surface area contributed by atoms with E-state index >= 15 is 0 Å². The number of piperidine rings is 1. The summed E-state index contributed by atoms with van der Waals surface area (Å²) in [6.07, 6.45) is 2.07. The van der Waals surface area contributed by atoms with E-state index in [9.17, 15) is 4.79 Å². The third-order valence-electron chi connectivity index (χ3n) is 2.42. The quantitative estimate of drug-likeness (QED) is 0.699. The van der Waals surface area contributed by atoms with Crippen molar-refractivity contribution in [3.8, 4) is 0 Å². The Bertz CT molecular complexity index is 164. The van der Waals surface area contributed by atoms with Crippen molar-refractivity contribution in [3.63, 3.8) is 0 Å². The first-order valence-corrected chi connectivity index (χ1v) is 4.78. The van der Waals surface area contributed by atoms with Gasteiger partial charge in [0, 0.05) is 13.1 Å². The first-order chi connectivity index (χ1) is 6.22. The molecular weight excluding hydrogens is 170 g/mol. The van der Waals surface area contributed by atoms with Gasteiger partial charge in [-0.2, -0.15) is 0 Å². The SMILES string of the molecule is CCN1CCC(OCC(=O)O)CC1. The van der Waals surface area contributed by atoms with Gasteiger partial charge >= 0.3 is 5.97 Å². The molecule has 0 aromatic carbocycles. The fraction of sp³-hybridized carbons (Fsp3) is 0.889. The van der Waals surface area contributed by atoms with E-state index in [4.69, 9.17) is 9.84 Å². The molecule has 0 aromatic rings. The van der Waals surface area contributed by atoms with Crippen LogP contribution in [-0.4, -0.2) is 48.3 Å². The minimum atomic E-state index is -0.877. The van der Waals surface area contributed by atoms with Crippen molar-refractivity contribution in [2.24, 2.45) is 0 Å². The van der Waals surface area contributed by atoms with Crippen molar-refractivity contribution < 1.29 is 14.6 Å². The van der Waals surface area contributed by atoms with E-state index in [1.54, 1.807) is 0 Å². The van der Waals surface area contributed by atoms with Gasteiger partial charge in [0.1, 0.15) is 6.61 Å². The van der Waals surface area contributed by atoms with Gasteiger partial charge in [-0.25, -0.2) is 4.79 Å². The molecule has 76 valence electrons. The molecule has 1 aliphatic heterocycles. The van der Waals surface area contributed by atoms with Crippen LogP contribution in [-0.2, 0) is 9.53 Å². The van der Waals surface area contributed by atoms with Crippen molar-refractivity contribution >= 4 is 5.97 Å². The van der Waals surface area contributed by atoms with Crippen LogP contribution in [0.4, 0.5) is 0 Å². The second-order valence-electron chi connectivity index (χ2n) is 3.34. The number of hydrogen-bond donors (Lipinski definition) is 1. The Hall–Kier alpha value is -0.610. The number of carbonyl (C=O) groups is 1. The van der Waals surface area contributed by atoms with Gasteiger partial charge in [0.2, 0.25) is 0 Å². The number of aliphatic carboxylic acids is 1. The van der Waals surface area contributed by atoms with Crippen LogP contribution in [0.1, 0.15) is 19.8 Å². The Kier molecular flexibility index (Phi) is 4.18. The predicted octanol–water partition coefficient (Wildman–Crippen LogP) is 0.572. The average Bonchev–Trinajstić information content (AvgIpc) is 2.15. The van der Waals surface area contributed by atoms with Crippen molar-refractivity contribution in [2.75, 3.05) is 26.2 Å². The van der Waals surface area contributed by atoms with Gasteiger partial charge in [-0.15, -0.1) is 0 Å². The van der Waals surface area contributed by atoms with Crippen LogP contribution in [0.5, 0.6) is 0 Å². The Balaban J connectivity index is 2.14. The molecule has 0 bridgehead atoms. The van der Waals surface area contributed by atoms with E-state index in [1.165, 1.54) is 0 Å². The zero-order valence-electron chi connectivity index (χ0n) is 8.03. The fourth-order valence-corrected chi connectivity index (χ4v) is 1.58. The monoisotopic (exact) mass is 187 g/mol. The predicted molar refractivity (Wildman–Crippen MR) is 48.7 cm³/mol. The summed E-state index contributed by atoms with van der Waals surface area (Å²) in [5, 5.41) is 8.41. The maximum absolute atomic E-state index is 10.2. The summed E-state index contributed by atoms with van der Waals surface area (Å²) in [4.78, 5) is 12.6. The number of rotatable bonds is 4. The Morgan fingerprint density at radius 2 is 2.15 bits per heavy atom. The average molecular weight is 187 g/mol. The number of nitrogens with zero attached hydrogens (tertiary/aromatic N) is 1. The number of ether oxygens (including phenoxy) is 1. The highest BCUT2D eigenvalue weighted by Gasteiger charge is 2.18. The molecule has 4 heteroatoms. The van der Waals surface area contributed by atoms with Crippen LogP contribution in [0.2, 0.25) is 0 Å². The number of carboxylic acid groups (broad SMARTS) is 1. The smallest absolute Gasteiger partial charge is 0.329 e. The highest BCUT2D eigenvalue weighted by molar-refractivity contribution is 5.68. The molecule has 1 heterocycles. The standard InChI is InChI=1S/C9H17NO3/c1-2-10-5-3-8(4-6-10)13-7-9(11)12/h8H,2-7H2,1H3,(H,11,12). The zero-order valence-corrected chi connectivity index (χ0v) is 8.03. The molecule has 0 unspecified atom stereocenters. The van der Waals surface area contributed by atoms with Crippen molar-refractivity contribution in [3.05, 3.63) is 0 Å². The summed E-state index contributed by atoms with van der Waals surface area (Å²) in [7, 11) is 0. The maximum atomic E-state index is 10.2. The number of hydrogen-bond acceptors (Lipinski definition) is 3. The summed E-state index contributed by atoms with van der Waals surface area (Å²) in [5.41, 5.74) is 0. The molecule has 0 spiro atoms. The van der Waals surface area contributed by atoms with Gasteiger partial charge in [-0.3, -0.25) is 0 Å². The van der Waals surface area contributed by atoms with E-state index in [2.05, 4.69) is 11.8 Å². The molecule has 0 aliphatic carbocycles. The lowest BCUT2D eigenvalue weighted by Crippen LogP contribution is -2.37. The third-order valence-corrected chi connectivity index (χ3v) is 2.42. The van der Waals surface area contributed by atoms with Crippen molar-refractivity contribution in [1.82, 2.24) is 4.90 Å². The number of carboxylic acids is 1. The first kappa shape index (κ1) is 10.5. The van der Waals surface area contributed by atoms with Crippen molar-refractivity contribution in [1.29, 1.82) is 0 Å². The van der Waals surface area contributed by atoms with Crippen molar-refractivity contribution in [2.45, 2.75) is 25.9 Å². The summed E-state index contributed by atoms with van der Waals surface area (Å²) >= 11 is 0. The van der Waals surface area contributed by atoms with Gasteiger partial charge in [-0.1, -0.05) is 6.92 Å². The summed E-state index contributed by atoms with van der Waals surface area (Å²) in [6.45, 7) is 5.11. The molecule has 1 fully saturated rings. The molecule has 1 saturated heterocycles. The highest BCUT2D eigenvalue weighted by atomic mass is 16.5. The van der Waals surface area contributed by atoms with E-state index in [0.29, 0.717) is 0 Å². The molecule has 0 amide bonds. The normalized spacial score (nSPS) is 20.4. The molecule has 1 aliphatic rings. The van der Waals surface area contributed by atoms with Crippen LogP contribution >= 0.6 is 0 Å². The van der Waals surface area contributed by atoms with Gasteiger partial charge in [-0.05, 0) is 19.4 Å². The lowest BCUT2D eigenvalue weighted by molar-refractivity contribution is -0.145.